The number of nitro groups is 1. The number of aliphatic hydroxyl groups excluding tert-OH is 1. The van der Waals surface area contributed by atoms with Gasteiger partial charge in [0.05, 0.1) is 24.6 Å². The van der Waals surface area contributed by atoms with E-state index in [0.29, 0.717) is 29.7 Å². The van der Waals surface area contributed by atoms with E-state index in [2.05, 4.69) is 5.32 Å². The lowest BCUT2D eigenvalue weighted by molar-refractivity contribution is -0.958. The molecule has 0 saturated carbocycles. The van der Waals surface area contributed by atoms with Crippen molar-refractivity contribution in [3.63, 3.8) is 0 Å². The highest BCUT2D eigenvalue weighted by Crippen LogP contribution is 2.34. The van der Waals surface area contributed by atoms with Crippen molar-refractivity contribution in [3.8, 4) is 0 Å². The summed E-state index contributed by atoms with van der Waals surface area (Å²) in [6, 6.07) is 5.49. The van der Waals surface area contributed by atoms with Gasteiger partial charge in [-0.05, 0) is 38.5 Å². The number of non-ortho nitro benzene ring substituents is 1. The fourth-order valence-electron chi connectivity index (χ4n) is 4.13. The van der Waals surface area contributed by atoms with Gasteiger partial charge in [-0.15, -0.1) is 0 Å². The van der Waals surface area contributed by atoms with Crippen LogP contribution in [-0.4, -0.2) is 76.8 Å². The molecule has 12 heteroatoms. The number of ether oxygens (including phenoxy) is 2. The van der Waals surface area contributed by atoms with Crippen LogP contribution in [0, 0.1) is 10.1 Å². The summed E-state index contributed by atoms with van der Waals surface area (Å²) in [6.07, 6.45) is -1.03. The van der Waals surface area contributed by atoms with Gasteiger partial charge in [0.1, 0.15) is 25.4 Å². The minimum Gasteiger partial charge on any atom is -0.510 e. The van der Waals surface area contributed by atoms with Gasteiger partial charge in [-0.25, -0.2) is 9.59 Å². The van der Waals surface area contributed by atoms with Gasteiger partial charge in [0.15, 0.2) is 11.9 Å². The smallest absolute Gasteiger partial charge is 0.406 e. The predicted octanol–water partition coefficient (Wildman–Crippen LogP) is 2.59. The minimum absolute atomic E-state index is 0.101. The number of aliphatic hydroxyl groups is 1. The van der Waals surface area contributed by atoms with Crippen molar-refractivity contribution in [2.75, 3.05) is 33.3 Å². The summed E-state index contributed by atoms with van der Waals surface area (Å²) in [6.45, 7) is 7.72. The molecular weight excluding hydrogens is 460 g/mol. The van der Waals surface area contributed by atoms with E-state index in [1.54, 1.807) is 0 Å². The molecule has 192 valence electrons. The molecule has 0 spiro atoms. The number of hydrogen-bond acceptors (Lipinski definition) is 8. The van der Waals surface area contributed by atoms with Gasteiger partial charge >= 0.3 is 12.1 Å². The van der Waals surface area contributed by atoms with E-state index < -0.39 is 22.7 Å². The molecule has 0 radical (unpaired) electrons. The molecule has 1 heterocycles. The lowest BCUT2D eigenvalue weighted by Gasteiger charge is -2.52. The minimum atomic E-state index is -0.916. The van der Waals surface area contributed by atoms with Crippen LogP contribution in [0.1, 0.15) is 39.2 Å². The van der Waals surface area contributed by atoms with Crippen LogP contribution in [0.2, 0.25) is 0 Å². The van der Waals surface area contributed by atoms with Crippen molar-refractivity contribution >= 4 is 23.7 Å². The number of nitro benzene ring substituents is 1. The quantitative estimate of drug-likeness (QED) is 0.0858. The van der Waals surface area contributed by atoms with Crippen LogP contribution in [0.3, 0.4) is 0 Å². The topological polar surface area (TPSA) is 148 Å². The maximum atomic E-state index is 13.1. The third-order valence-corrected chi connectivity index (χ3v) is 6.45. The van der Waals surface area contributed by atoms with Crippen molar-refractivity contribution in [2.24, 2.45) is 0 Å². The molecular formula is C23H33N4O8+. The van der Waals surface area contributed by atoms with Crippen LogP contribution in [0.15, 0.2) is 35.7 Å². The van der Waals surface area contributed by atoms with E-state index >= 15 is 0 Å². The summed E-state index contributed by atoms with van der Waals surface area (Å²) in [5.41, 5.74) is 0.112. The number of amides is 2. The second-order valence-electron chi connectivity index (χ2n) is 8.05. The van der Waals surface area contributed by atoms with Gasteiger partial charge in [0, 0.05) is 25.6 Å². The first-order valence-corrected chi connectivity index (χ1v) is 11.5. The number of esters is 1. The normalized spacial score (nSPS) is 16.2. The summed E-state index contributed by atoms with van der Waals surface area (Å²) in [7, 11) is 1.39. The molecule has 12 nitrogen and oxygen atoms in total. The summed E-state index contributed by atoms with van der Waals surface area (Å²) in [5.74, 6) is -1.67. The van der Waals surface area contributed by atoms with Crippen LogP contribution < -0.4 is 5.32 Å². The summed E-state index contributed by atoms with van der Waals surface area (Å²) >= 11 is 0. The van der Waals surface area contributed by atoms with Crippen LogP contribution in [0.25, 0.3) is 0 Å². The molecule has 1 aromatic rings. The largest absolute Gasteiger partial charge is 0.510 e. The lowest BCUT2D eigenvalue weighted by Crippen LogP contribution is -2.70. The molecule has 0 bridgehead atoms. The van der Waals surface area contributed by atoms with E-state index in [0.717, 1.165) is 0 Å². The van der Waals surface area contributed by atoms with E-state index in [9.17, 15) is 29.6 Å². The first-order valence-electron chi connectivity index (χ1n) is 11.5. The van der Waals surface area contributed by atoms with Gasteiger partial charge in [0.25, 0.3) is 5.69 Å². The molecule has 1 unspecified atom stereocenters. The summed E-state index contributed by atoms with van der Waals surface area (Å²) in [5, 5.41) is 23.9. The third-order valence-electron chi connectivity index (χ3n) is 6.45. The van der Waals surface area contributed by atoms with E-state index in [-0.39, 0.29) is 49.5 Å². The SMILES string of the molecule is CC[N+](CC)(CC)C1CC(=O)N1C(C(=O)OCc1ccc([N+](=O)[O-])cc1)=C(O)CCOC(=O)NC. The Morgan fingerprint density at radius 2 is 1.77 bits per heavy atom. The van der Waals surface area contributed by atoms with Crippen molar-refractivity contribution < 1.29 is 38.4 Å². The number of carbonyl (C=O) groups excluding carboxylic acids is 3. The van der Waals surface area contributed by atoms with E-state index in [1.165, 1.54) is 36.2 Å². The van der Waals surface area contributed by atoms with E-state index in [1.807, 2.05) is 20.8 Å². The molecule has 1 saturated heterocycles. The number of nitrogens with one attached hydrogen (secondary N) is 1. The number of alkyl carbamates (subject to hydrolysis) is 1. The molecule has 1 atom stereocenters. The second-order valence-corrected chi connectivity index (χ2v) is 8.05. The standard InChI is InChI=1S/C23H32N4O8/c1-5-27(6-2,7-3)19-14-20(29)25(19)21(18(28)12-13-34-23(31)24-4)22(30)35-15-16-8-10-17(11-9-16)26(32)33/h8-11,19H,5-7,12-15H2,1-4H3,(H-,24,28,30,31)/p+1. The number of likely N-dealkylation sites (tertiary alicyclic amines) is 1. The highest BCUT2D eigenvalue weighted by Gasteiger charge is 2.52. The van der Waals surface area contributed by atoms with Crippen molar-refractivity contribution in [2.45, 2.75) is 46.4 Å². The van der Waals surface area contributed by atoms with Crippen LogP contribution in [-0.2, 0) is 25.7 Å². The molecule has 0 aliphatic carbocycles. The van der Waals surface area contributed by atoms with E-state index in [4.69, 9.17) is 9.47 Å². The molecule has 35 heavy (non-hydrogen) atoms. The first-order chi connectivity index (χ1) is 16.6. The second kappa shape index (κ2) is 12.2. The molecule has 2 rings (SSSR count). The lowest BCUT2D eigenvalue weighted by atomic mass is 10.0. The number of β-lactam (4-membered cyclic amide) rings is 1. The molecule has 1 fully saturated rings. The zero-order valence-electron chi connectivity index (χ0n) is 20.5. The monoisotopic (exact) mass is 493 g/mol. The summed E-state index contributed by atoms with van der Waals surface area (Å²) < 4.78 is 10.8. The van der Waals surface area contributed by atoms with Crippen molar-refractivity contribution in [1.82, 2.24) is 10.2 Å². The van der Waals surface area contributed by atoms with Crippen LogP contribution >= 0.6 is 0 Å². The molecule has 1 aliphatic rings. The number of rotatable bonds is 12. The average molecular weight is 494 g/mol. The predicted molar refractivity (Wildman–Crippen MR) is 125 cm³/mol. The third kappa shape index (κ3) is 6.27. The summed E-state index contributed by atoms with van der Waals surface area (Å²) in [4.78, 5) is 48.8. The first kappa shape index (κ1) is 27.6. The van der Waals surface area contributed by atoms with Crippen LogP contribution in [0.4, 0.5) is 10.5 Å². The van der Waals surface area contributed by atoms with Crippen molar-refractivity contribution in [1.29, 1.82) is 0 Å². The zero-order valence-corrected chi connectivity index (χ0v) is 20.5. The Morgan fingerprint density at radius 3 is 2.26 bits per heavy atom. The molecule has 0 aromatic heterocycles. The Hall–Kier alpha value is -3.67. The molecule has 1 aromatic carbocycles. The van der Waals surface area contributed by atoms with Crippen LogP contribution in [0.5, 0.6) is 0 Å². The fourth-order valence-corrected chi connectivity index (χ4v) is 4.13. The number of hydrogen-bond donors (Lipinski definition) is 2. The molecule has 1 aliphatic heterocycles. The van der Waals surface area contributed by atoms with Gasteiger partial charge in [0.2, 0.25) is 5.91 Å². The highest BCUT2D eigenvalue weighted by molar-refractivity contribution is 5.97. The van der Waals surface area contributed by atoms with Gasteiger partial charge in [-0.3, -0.25) is 19.8 Å². The Bertz CT molecular complexity index is 964. The number of quaternary nitrogens is 1. The Kier molecular flexibility index (Phi) is 9.58. The fraction of sp³-hybridized carbons (Fsp3) is 0.522. The average Bonchev–Trinajstić information content (AvgIpc) is 2.86. The number of carbonyl (C=O) groups is 3. The Labute approximate surface area is 203 Å². The maximum Gasteiger partial charge on any atom is 0.406 e. The highest BCUT2D eigenvalue weighted by atomic mass is 16.6. The van der Waals surface area contributed by atoms with Crippen molar-refractivity contribution in [3.05, 3.63) is 51.4 Å². The molecule has 2 amide bonds. The van der Waals surface area contributed by atoms with Gasteiger partial charge in [-0.1, -0.05) is 0 Å². The maximum absolute atomic E-state index is 13.1. The zero-order chi connectivity index (χ0) is 26.2. The Morgan fingerprint density at radius 1 is 1.17 bits per heavy atom. The molecule has 2 N–H and O–H groups in total. The Balaban J connectivity index is 2.31. The number of benzene rings is 1. The number of nitrogens with zero attached hydrogens (tertiary/aromatic N) is 3. The van der Waals surface area contributed by atoms with Gasteiger partial charge in [-0.2, -0.15) is 0 Å². The van der Waals surface area contributed by atoms with Gasteiger partial charge < -0.3 is 24.4 Å².